The second-order valence-corrected chi connectivity index (χ2v) is 3.87. The van der Waals surface area contributed by atoms with E-state index in [1.54, 1.807) is 4.90 Å². The van der Waals surface area contributed by atoms with E-state index in [1.165, 1.54) is 0 Å². The van der Waals surface area contributed by atoms with Gasteiger partial charge in [0.2, 0.25) is 5.91 Å². The summed E-state index contributed by atoms with van der Waals surface area (Å²) in [4.78, 5) is 15.1. The molecule has 1 fully saturated rings. The highest BCUT2D eigenvalue weighted by Crippen LogP contribution is 1.97. The molecular weight excluding hydrogens is 176 g/mol. The molecule has 0 spiro atoms. The van der Waals surface area contributed by atoms with Gasteiger partial charge in [-0.1, -0.05) is 13.5 Å². The number of rotatable bonds is 4. The average Bonchev–Trinajstić information content (AvgIpc) is 2.20. The van der Waals surface area contributed by atoms with Crippen LogP contribution in [0.3, 0.4) is 0 Å². The van der Waals surface area contributed by atoms with Crippen molar-refractivity contribution in [2.75, 3.05) is 32.7 Å². The van der Waals surface area contributed by atoms with E-state index in [9.17, 15) is 4.79 Å². The van der Waals surface area contributed by atoms with Gasteiger partial charge in [-0.25, -0.2) is 0 Å². The highest BCUT2D eigenvalue weighted by atomic mass is 16.2. The lowest BCUT2D eigenvalue weighted by Gasteiger charge is -2.31. The Morgan fingerprint density at radius 2 is 2.14 bits per heavy atom. The van der Waals surface area contributed by atoms with Crippen molar-refractivity contribution in [1.29, 1.82) is 0 Å². The number of nitrogens with one attached hydrogen (secondary N) is 1. The number of nitrogens with zero attached hydrogens (tertiary/aromatic N) is 1. The smallest absolute Gasteiger partial charge is 0.222 e. The molecule has 1 amide bonds. The molecule has 0 radical (unpaired) electrons. The summed E-state index contributed by atoms with van der Waals surface area (Å²) in [5.41, 5.74) is 0. The predicted molar refractivity (Wildman–Crippen MR) is 57.2 cm³/mol. The number of hydrogen-bond acceptors (Lipinski definition) is 1. The minimum absolute atomic E-state index is 0.324. The van der Waals surface area contributed by atoms with Gasteiger partial charge < -0.3 is 9.80 Å². The van der Waals surface area contributed by atoms with Crippen LogP contribution < -0.4 is 4.90 Å². The largest absolute Gasteiger partial charge is 0.331 e. The van der Waals surface area contributed by atoms with Crippen molar-refractivity contribution in [3.63, 3.8) is 0 Å². The summed E-state index contributed by atoms with van der Waals surface area (Å²) in [7, 11) is 0. The van der Waals surface area contributed by atoms with Crippen LogP contribution in [0, 0.1) is 0 Å². The van der Waals surface area contributed by atoms with Crippen LogP contribution in [0.1, 0.15) is 19.8 Å². The van der Waals surface area contributed by atoms with Crippen molar-refractivity contribution < 1.29 is 9.69 Å². The normalized spacial score (nSPS) is 18.2. The van der Waals surface area contributed by atoms with Crippen molar-refractivity contribution in [2.45, 2.75) is 19.8 Å². The van der Waals surface area contributed by atoms with E-state index in [-0.39, 0.29) is 0 Å². The minimum atomic E-state index is 0.324. The summed E-state index contributed by atoms with van der Waals surface area (Å²) in [6.07, 6.45) is 3.62. The van der Waals surface area contributed by atoms with Gasteiger partial charge in [0.1, 0.15) is 0 Å². The standard InChI is InChI=1S/C11H20N2O/c1-3-5-11(14)13-9-7-12(6-4-2)8-10-13/h4H,2-3,5-10H2,1H3/p+1. The third-order valence-corrected chi connectivity index (χ3v) is 2.72. The first-order chi connectivity index (χ1) is 6.77. The Bertz CT molecular complexity index is 195. The second-order valence-electron chi connectivity index (χ2n) is 3.87. The number of hydrogen-bond donors (Lipinski definition) is 1. The van der Waals surface area contributed by atoms with Crippen molar-refractivity contribution in [3.05, 3.63) is 12.7 Å². The highest BCUT2D eigenvalue weighted by Gasteiger charge is 2.21. The number of carbonyl (C=O) groups excluding carboxylic acids is 1. The molecule has 0 atom stereocenters. The van der Waals surface area contributed by atoms with Crippen LogP contribution in [0.15, 0.2) is 12.7 Å². The van der Waals surface area contributed by atoms with Crippen LogP contribution in [0.2, 0.25) is 0 Å². The van der Waals surface area contributed by atoms with E-state index >= 15 is 0 Å². The van der Waals surface area contributed by atoms with Gasteiger partial charge in [0.05, 0.1) is 32.7 Å². The quantitative estimate of drug-likeness (QED) is 0.615. The molecule has 80 valence electrons. The van der Waals surface area contributed by atoms with Crippen molar-refractivity contribution in [2.24, 2.45) is 0 Å². The van der Waals surface area contributed by atoms with Gasteiger partial charge >= 0.3 is 0 Å². The number of piperazine rings is 1. The van der Waals surface area contributed by atoms with Crippen molar-refractivity contribution in [1.82, 2.24) is 4.90 Å². The van der Waals surface area contributed by atoms with Gasteiger partial charge in [-0.3, -0.25) is 4.79 Å². The lowest BCUT2D eigenvalue weighted by molar-refractivity contribution is -0.898. The van der Waals surface area contributed by atoms with E-state index < -0.39 is 0 Å². The molecule has 3 nitrogen and oxygen atoms in total. The molecule has 1 N–H and O–H groups in total. The summed E-state index contributed by atoms with van der Waals surface area (Å²) in [5.74, 6) is 0.324. The molecule has 3 heteroatoms. The molecule has 0 saturated carbocycles. The minimum Gasteiger partial charge on any atom is -0.331 e. The van der Waals surface area contributed by atoms with E-state index in [4.69, 9.17) is 0 Å². The average molecular weight is 197 g/mol. The number of quaternary nitrogens is 1. The maximum absolute atomic E-state index is 11.6. The Balaban J connectivity index is 2.27. The molecule has 1 heterocycles. The van der Waals surface area contributed by atoms with Gasteiger partial charge in [0.25, 0.3) is 0 Å². The van der Waals surface area contributed by atoms with Crippen LogP contribution in [0.5, 0.6) is 0 Å². The van der Waals surface area contributed by atoms with Gasteiger partial charge in [-0.2, -0.15) is 0 Å². The second kappa shape index (κ2) is 5.81. The SMILES string of the molecule is C=CC[NH+]1CCN(C(=O)CCC)CC1. The zero-order valence-electron chi connectivity index (χ0n) is 9.09. The molecule has 0 bridgehead atoms. The Labute approximate surface area is 86.4 Å². The molecule has 1 rings (SSSR count). The predicted octanol–water partition coefficient (Wildman–Crippen LogP) is -0.300. The van der Waals surface area contributed by atoms with Gasteiger partial charge in [0, 0.05) is 6.42 Å². The van der Waals surface area contributed by atoms with Crippen LogP contribution >= 0.6 is 0 Å². The zero-order valence-corrected chi connectivity index (χ0v) is 9.09. The molecule has 1 aliphatic heterocycles. The Morgan fingerprint density at radius 3 is 2.64 bits per heavy atom. The molecule has 1 aliphatic rings. The fraction of sp³-hybridized carbons (Fsp3) is 0.727. The first-order valence-corrected chi connectivity index (χ1v) is 5.50. The maximum atomic E-state index is 11.6. The van der Waals surface area contributed by atoms with E-state index in [0.29, 0.717) is 12.3 Å². The molecular formula is C11H21N2O+. The van der Waals surface area contributed by atoms with Gasteiger partial charge in [0.15, 0.2) is 0 Å². The molecule has 0 aromatic carbocycles. The fourth-order valence-electron chi connectivity index (χ4n) is 1.85. The van der Waals surface area contributed by atoms with Gasteiger partial charge in [-0.05, 0) is 12.5 Å². The number of carbonyl (C=O) groups is 1. The fourth-order valence-corrected chi connectivity index (χ4v) is 1.85. The first kappa shape index (κ1) is 11.2. The topological polar surface area (TPSA) is 24.8 Å². The zero-order chi connectivity index (χ0) is 10.4. The molecule has 0 aromatic rings. The summed E-state index contributed by atoms with van der Waals surface area (Å²) >= 11 is 0. The first-order valence-electron chi connectivity index (χ1n) is 5.50. The third-order valence-electron chi connectivity index (χ3n) is 2.72. The summed E-state index contributed by atoms with van der Waals surface area (Å²) in [6, 6.07) is 0. The molecule has 0 aromatic heterocycles. The maximum Gasteiger partial charge on any atom is 0.222 e. The summed E-state index contributed by atoms with van der Waals surface area (Å²) < 4.78 is 0. The van der Waals surface area contributed by atoms with Crippen molar-refractivity contribution >= 4 is 5.91 Å². The van der Waals surface area contributed by atoms with Crippen LogP contribution in [-0.4, -0.2) is 43.5 Å². The van der Waals surface area contributed by atoms with Crippen molar-refractivity contribution in [3.8, 4) is 0 Å². The highest BCUT2D eigenvalue weighted by molar-refractivity contribution is 5.76. The lowest BCUT2D eigenvalue weighted by Crippen LogP contribution is -3.14. The molecule has 1 saturated heterocycles. The monoisotopic (exact) mass is 197 g/mol. The Kier molecular flexibility index (Phi) is 4.66. The Hall–Kier alpha value is -0.830. The third kappa shape index (κ3) is 3.14. The van der Waals surface area contributed by atoms with E-state index in [0.717, 1.165) is 39.1 Å². The summed E-state index contributed by atoms with van der Waals surface area (Å²) in [5, 5.41) is 0. The van der Waals surface area contributed by atoms with Crippen LogP contribution in [0.4, 0.5) is 0 Å². The Morgan fingerprint density at radius 1 is 1.50 bits per heavy atom. The molecule has 14 heavy (non-hydrogen) atoms. The van der Waals surface area contributed by atoms with Gasteiger partial charge in [-0.15, -0.1) is 0 Å². The lowest BCUT2D eigenvalue weighted by atomic mass is 10.2. The van der Waals surface area contributed by atoms with E-state index in [2.05, 4.69) is 13.5 Å². The van der Waals surface area contributed by atoms with Crippen LogP contribution in [0.25, 0.3) is 0 Å². The van der Waals surface area contributed by atoms with Crippen LogP contribution in [-0.2, 0) is 4.79 Å². The number of amides is 1. The summed E-state index contributed by atoms with van der Waals surface area (Å²) in [6.45, 7) is 10.8. The molecule has 0 aliphatic carbocycles. The van der Waals surface area contributed by atoms with E-state index in [1.807, 2.05) is 11.0 Å². The molecule has 0 unspecified atom stereocenters.